The predicted molar refractivity (Wildman–Crippen MR) is 40.5 cm³/mol. The third-order valence-electron chi connectivity index (χ3n) is 2.12. The summed E-state index contributed by atoms with van der Waals surface area (Å²) in [5, 5.41) is 2.58. The molecule has 1 aliphatic rings. The van der Waals surface area contributed by atoms with Crippen molar-refractivity contribution in [3.63, 3.8) is 0 Å². The Morgan fingerprint density at radius 2 is 2.20 bits per heavy atom. The molecule has 1 rings (SSSR count). The highest BCUT2D eigenvalue weighted by atomic mass is 16.1. The molecule has 0 spiro atoms. The number of carbonyl (C=O) groups is 1. The van der Waals surface area contributed by atoms with E-state index < -0.39 is 0 Å². The van der Waals surface area contributed by atoms with Crippen LogP contribution in [0.3, 0.4) is 0 Å². The quantitative estimate of drug-likeness (QED) is 0.570. The molecule has 1 N–H and O–H groups in total. The SMILES string of the molecule is C=C(C(=O)NC)C1CCC1. The first-order valence-electron chi connectivity index (χ1n) is 3.66. The van der Waals surface area contributed by atoms with Crippen molar-refractivity contribution in [3.8, 4) is 0 Å². The largest absolute Gasteiger partial charge is 0.355 e. The van der Waals surface area contributed by atoms with Gasteiger partial charge >= 0.3 is 0 Å². The second-order valence-corrected chi connectivity index (χ2v) is 2.73. The highest BCUT2D eigenvalue weighted by Crippen LogP contribution is 2.31. The Bertz CT molecular complexity index is 159. The number of hydrogen-bond donors (Lipinski definition) is 1. The molecule has 56 valence electrons. The summed E-state index contributed by atoms with van der Waals surface area (Å²) in [4.78, 5) is 10.9. The normalized spacial score (nSPS) is 17.7. The van der Waals surface area contributed by atoms with E-state index in [1.807, 2.05) is 0 Å². The minimum absolute atomic E-state index is 0.00435. The number of hydrogen-bond acceptors (Lipinski definition) is 1. The standard InChI is InChI=1S/C8H13NO/c1-6(8(10)9-2)7-4-3-5-7/h7H,1,3-5H2,2H3,(H,9,10). The molecule has 0 radical (unpaired) electrons. The summed E-state index contributed by atoms with van der Waals surface area (Å²) in [5.74, 6) is 0.477. The minimum atomic E-state index is 0.00435. The fourth-order valence-corrected chi connectivity index (χ4v) is 1.10. The summed E-state index contributed by atoms with van der Waals surface area (Å²) >= 11 is 0. The van der Waals surface area contributed by atoms with Gasteiger partial charge in [-0.2, -0.15) is 0 Å². The van der Waals surface area contributed by atoms with Crippen LogP contribution < -0.4 is 5.32 Å². The van der Waals surface area contributed by atoms with Gasteiger partial charge in [-0.25, -0.2) is 0 Å². The number of likely N-dealkylation sites (N-methyl/N-ethyl adjacent to an activating group) is 1. The van der Waals surface area contributed by atoms with E-state index in [4.69, 9.17) is 0 Å². The molecule has 0 heterocycles. The lowest BCUT2D eigenvalue weighted by molar-refractivity contribution is -0.117. The van der Waals surface area contributed by atoms with Crippen LogP contribution >= 0.6 is 0 Å². The fourth-order valence-electron chi connectivity index (χ4n) is 1.10. The van der Waals surface area contributed by atoms with Crippen molar-refractivity contribution >= 4 is 5.91 Å². The number of amides is 1. The van der Waals surface area contributed by atoms with Crippen LogP contribution in [0.5, 0.6) is 0 Å². The van der Waals surface area contributed by atoms with Crippen molar-refractivity contribution in [2.75, 3.05) is 7.05 Å². The van der Waals surface area contributed by atoms with Gasteiger partial charge in [0.1, 0.15) is 0 Å². The van der Waals surface area contributed by atoms with E-state index in [2.05, 4.69) is 11.9 Å². The fraction of sp³-hybridized carbons (Fsp3) is 0.625. The monoisotopic (exact) mass is 139 g/mol. The summed E-state index contributed by atoms with van der Waals surface area (Å²) in [6, 6.07) is 0. The lowest BCUT2D eigenvalue weighted by Crippen LogP contribution is -2.27. The summed E-state index contributed by atoms with van der Waals surface area (Å²) in [7, 11) is 1.65. The third kappa shape index (κ3) is 1.20. The summed E-state index contributed by atoms with van der Waals surface area (Å²) in [6.45, 7) is 3.74. The lowest BCUT2D eigenvalue weighted by atomic mass is 9.80. The van der Waals surface area contributed by atoms with Crippen molar-refractivity contribution in [1.29, 1.82) is 0 Å². The van der Waals surface area contributed by atoms with E-state index in [0.717, 1.165) is 18.4 Å². The van der Waals surface area contributed by atoms with Crippen molar-refractivity contribution < 1.29 is 4.79 Å². The van der Waals surface area contributed by atoms with Gasteiger partial charge in [-0.15, -0.1) is 0 Å². The maximum atomic E-state index is 10.9. The Labute approximate surface area is 61.3 Å². The lowest BCUT2D eigenvalue weighted by Gasteiger charge is -2.26. The van der Waals surface area contributed by atoms with Gasteiger partial charge in [0.2, 0.25) is 5.91 Å². The van der Waals surface area contributed by atoms with Gasteiger partial charge in [0.15, 0.2) is 0 Å². The zero-order valence-electron chi connectivity index (χ0n) is 6.31. The van der Waals surface area contributed by atoms with E-state index in [1.165, 1.54) is 6.42 Å². The van der Waals surface area contributed by atoms with Gasteiger partial charge in [-0.1, -0.05) is 13.0 Å². The van der Waals surface area contributed by atoms with Crippen LogP contribution in [0.25, 0.3) is 0 Å². The average molecular weight is 139 g/mol. The van der Waals surface area contributed by atoms with E-state index in [9.17, 15) is 4.79 Å². The van der Waals surface area contributed by atoms with Gasteiger partial charge in [-0.3, -0.25) is 4.79 Å². The molecule has 0 aliphatic heterocycles. The summed E-state index contributed by atoms with van der Waals surface area (Å²) in [5.41, 5.74) is 0.758. The molecule has 0 aromatic heterocycles. The van der Waals surface area contributed by atoms with Crippen LogP contribution in [-0.2, 0) is 4.79 Å². The van der Waals surface area contributed by atoms with Gasteiger partial charge in [0.05, 0.1) is 0 Å². The number of carbonyl (C=O) groups excluding carboxylic acids is 1. The molecule has 0 unspecified atom stereocenters. The molecule has 1 saturated carbocycles. The highest BCUT2D eigenvalue weighted by Gasteiger charge is 2.23. The molecule has 10 heavy (non-hydrogen) atoms. The van der Waals surface area contributed by atoms with Crippen LogP contribution in [0, 0.1) is 5.92 Å². The smallest absolute Gasteiger partial charge is 0.246 e. The second-order valence-electron chi connectivity index (χ2n) is 2.73. The van der Waals surface area contributed by atoms with Gasteiger partial charge in [0, 0.05) is 12.6 Å². The van der Waals surface area contributed by atoms with Crippen molar-refractivity contribution in [3.05, 3.63) is 12.2 Å². The molecule has 2 nitrogen and oxygen atoms in total. The first-order chi connectivity index (χ1) is 4.75. The van der Waals surface area contributed by atoms with E-state index >= 15 is 0 Å². The van der Waals surface area contributed by atoms with Gasteiger partial charge in [0.25, 0.3) is 0 Å². The molecule has 0 aromatic carbocycles. The maximum Gasteiger partial charge on any atom is 0.246 e. The maximum absolute atomic E-state index is 10.9. The Balaban J connectivity index is 2.39. The topological polar surface area (TPSA) is 29.1 Å². The van der Waals surface area contributed by atoms with E-state index in [1.54, 1.807) is 7.05 Å². The molecule has 0 atom stereocenters. The Kier molecular flexibility index (Phi) is 2.10. The zero-order valence-corrected chi connectivity index (χ0v) is 6.31. The molecule has 0 bridgehead atoms. The molecule has 0 aromatic rings. The van der Waals surface area contributed by atoms with Gasteiger partial charge in [-0.05, 0) is 18.8 Å². The molecule has 1 amide bonds. The van der Waals surface area contributed by atoms with Crippen molar-refractivity contribution in [1.82, 2.24) is 5.32 Å². The third-order valence-corrected chi connectivity index (χ3v) is 2.12. The minimum Gasteiger partial charge on any atom is -0.355 e. The first-order valence-corrected chi connectivity index (χ1v) is 3.66. The van der Waals surface area contributed by atoms with Crippen LogP contribution in [-0.4, -0.2) is 13.0 Å². The highest BCUT2D eigenvalue weighted by molar-refractivity contribution is 5.93. The number of rotatable bonds is 2. The van der Waals surface area contributed by atoms with E-state index in [-0.39, 0.29) is 5.91 Å². The Morgan fingerprint density at radius 3 is 2.50 bits per heavy atom. The van der Waals surface area contributed by atoms with Crippen LogP contribution in [0.4, 0.5) is 0 Å². The number of nitrogens with one attached hydrogen (secondary N) is 1. The van der Waals surface area contributed by atoms with Crippen LogP contribution in [0.2, 0.25) is 0 Å². The first kappa shape index (κ1) is 7.32. The molecule has 1 fully saturated rings. The molecular formula is C8H13NO. The molecule has 2 heteroatoms. The van der Waals surface area contributed by atoms with Crippen LogP contribution in [0.15, 0.2) is 12.2 Å². The van der Waals surface area contributed by atoms with Crippen molar-refractivity contribution in [2.45, 2.75) is 19.3 Å². The van der Waals surface area contributed by atoms with Crippen LogP contribution in [0.1, 0.15) is 19.3 Å². The summed E-state index contributed by atoms with van der Waals surface area (Å²) in [6.07, 6.45) is 3.54. The van der Waals surface area contributed by atoms with E-state index in [0.29, 0.717) is 5.92 Å². The molecule has 0 saturated heterocycles. The predicted octanol–water partition coefficient (Wildman–Crippen LogP) is 1.09. The average Bonchev–Trinajstić information content (AvgIpc) is 1.82. The Morgan fingerprint density at radius 1 is 1.60 bits per heavy atom. The zero-order chi connectivity index (χ0) is 7.56. The molecular weight excluding hydrogens is 126 g/mol. The molecule has 1 aliphatic carbocycles. The van der Waals surface area contributed by atoms with Crippen molar-refractivity contribution in [2.24, 2.45) is 5.92 Å². The van der Waals surface area contributed by atoms with Gasteiger partial charge < -0.3 is 5.32 Å². The summed E-state index contributed by atoms with van der Waals surface area (Å²) < 4.78 is 0. The second kappa shape index (κ2) is 2.86. The Hall–Kier alpha value is -0.790.